The molecule has 1 saturated heterocycles. The van der Waals surface area contributed by atoms with Crippen molar-refractivity contribution in [3.05, 3.63) is 0 Å². The lowest BCUT2D eigenvalue weighted by Crippen LogP contribution is -2.47. The predicted octanol–water partition coefficient (Wildman–Crippen LogP) is 0.0757. The molecule has 0 amide bonds. The number of nitrogens with two attached hydrogens (primary N) is 1. The lowest BCUT2D eigenvalue weighted by molar-refractivity contribution is -0.133. The van der Waals surface area contributed by atoms with Crippen LogP contribution in [-0.2, 0) is 4.79 Å². The molecule has 0 radical (unpaired) electrons. The molecule has 1 aliphatic rings. The van der Waals surface area contributed by atoms with Crippen molar-refractivity contribution in [2.24, 2.45) is 5.73 Å². The first-order valence-electron chi connectivity index (χ1n) is 5.66. The quantitative estimate of drug-likeness (QED) is 0.621. The number of nitrogens with zero attached hydrogens (tertiary/aromatic N) is 2. The SMILES string of the molecule is NCN1CCCN(CCCSCC(=O)O)C1. The van der Waals surface area contributed by atoms with Gasteiger partial charge in [0.1, 0.15) is 0 Å². The van der Waals surface area contributed by atoms with Gasteiger partial charge in [0.15, 0.2) is 0 Å². The van der Waals surface area contributed by atoms with Crippen LogP contribution in [0.5, 0.6) is 0 Å². The maximum absolute atomic E-state index is 10.3. The fourth-order valence-corrected chi connectivity index (χ4v) is 2.48. The Morgan fingerprint density at radius 1 is 1.38 bits per heavy atom. The number of carboxylic acid groups (broad SMARTS) is 1. The van der Waals surface area contributed by atoms with Gasteiger partial charge in [-0.1, -0.05) is 0 Å². The third kappa shape index (κ3) is 5.69. The highest BCUT2D eigenvalue weighted by atomic mass is 32.2. The molecule has 5 nitrogen and oxygen atoms in total. The van der Waals surface area contributed by atoms with Crippen molar-refractivity contribution in [1.29, 1.82) is 0 Å². The summed E-state index contributed by atoms with van der Waals surface area (Å²) in [6.45, 7) is 4.87. The average molecular weight is 247 g/mol. The first-order chi connectivity index (χ1) is 7.72. The molecule has 0 spiro atoms. The second-order valence-corrected chi connectivity index (χ2v) is 5.10. The minimum atomic E-state index is -0.725. The summed E-state index contributed by atoms with van der Waals surface area (Å²) in [4.78, 5) is 14.9. The molecule has 1 aliphatic heterocycles. The van der Waals surface area contributed by atoms with Crippen LogP contribution in [0, 0.1) is 0 Å². The van der Waals surface area contributed by atoms with Gasteiger partial charge in [0, 0.05) is 26.3 Å². The van der Waals surface area contributed by atoms with E-state index >= 15 is 0 Å². The second-order valence-electron chi connectivity index (χ2n) is 3.99. The Bertz CT molecular complexity index is 216. The zero-order valence-electron chi connectivity index (χ0n) is 9.60. The van der Waals surface area contributed by atoms with Crippen molar-refractivity contribution in [1.82, 2.24) is 9.80 Å². The van der Waals surface area contributed by atoms with Crippen LogP contribution in [0.1, 0.15) is 12.8 Å². The molecule has 0 bridgehead atoms. The van der Waals surface area contributed by atoms with Crippen molar-refractivity contribution in [2.45, 2.75) is 12.8 Å². The van der Waals surface area contributed by atoms with Crippen LogP contribution in [0.15, 0.2) is 0 Å². The molecule has 0 unspecified atom stereocenters. The minimum Gasteiger partial charge on any atom is -0.481 e. The molecule has 0 aromatic heterocycles. The molecule has 1 rings (SSSR count). The number of hydrogen-bond donors (Lipinski definition) is 2. The molecule has 0 saturated carbocycles. The molecular weight excluding hydrogens is 226 g/mol. The molecule has 6 heteroatoms. The summed E-state index contributed by atoms with van der Waals surface area (Å²) in [5.41, 5.74) is 5.61. The molecule has 0 aliphatic carbocycles. The lowest BCUT2D eigenvalue weighted by atomic mass is 10.3. The van der Waals surface area contributed by atoms with Gasteiger partial charge in [-0.2, -0.15) is 11.8 Å². The Hall–Kier alpha value is -0.300. The van der Waals surface area contributed by atoms with Gasteiger partial charge >= 0.3 is 5.97 Å². The molecule has 16 heavy (non-hydrogen) atoms. The van der Waals surface area contributed by atoms with Gasteiger partial charge in [0.25, 0.3) is 0 Å². The van der Waals surface area contributed by atoms with Crippen LogP contribution in [0.2, 0.25) is 0 Å². The standard InChI is InChI=1S/C10H21N3O2S/c11-8-13-4-1-3-12(9-13)5-2-6-16-7-10(14)15/h1-9,11H2,(H,14,15). The van der Waals surface area contributed by atoms with E-state index in [-0.39, 0.29) is 5.75 Å². The molecule has 3 N–H and O–H groups in total. The lowest BCUT2D eigenvalue weighted by Gasteiger charge is -2.34. The smallest absolute Gasteiger partial charge is 0.313 e. The summed E-state index contributed by atoms with van der Waals surface area (Å²) in [5, 5.41) is 8.48. The van der Waals surface area contributed by atoms with E-state index in [0.29, 0.717) is 6.67 Å². The summed E-state index contributed by atoms with van der Waals surface area (Å²) in [7, 11) is 0. The molecular formula is C10H21N3O2S. The van der Waals surface area contributed by atoms with Gasteiger partial charge in [-0.25, -0.2) is 0 Å². The monoisotopic (exact) mass is 247 g/mol. The number of carboxylic acids is 1. The molecule has 0 aromatic carbocycles. The van der Waals surface area contributed by atoms with Crippen molar-refractivity contribution < 1.29 is 9.90 Å². The topological polar surface area (TPSA) is 69.8 Å². The molecule has 0 aromatic rings. The Labute approximate surface area is 101 Å². The van der Waals surface area contributed by atoms with Crippen LogP contribution in [0.3, 0.4) is 0 Å². The summed E-state index contributed by atoms with van der Waals surface area (Å²) in [5.74, 6) is 0.414. The summed E-state index contributed by atoms with van der Waals surface area (Å²) in [6, 6.07) is 0. The predicted molar refractivity (Wildman–Crippen MR) is 66.4 cm³/mol. The highest BCUT2D eigenvalue weighted by Gasteiger charge is 2.15. The van der Waals surface area contributed by atoms with E-state index in [9.17, 15) is 4.79 Å². The molecule has 0 atom stereocenters. The first-order valence-corrected chi connectivity index (χ1v) is 6.82. The van der Waals surface area contributed by atoms with E-state index in [1.54, 1.807) is 0 Å². The van der Waals surface area contributed by atoms with Gasteiger partial charge in [0.05, 0.1) is 12.4 Å². The number of hydrogen-bond acceptors (Lipinski definition) is 5. The van der Waals surface area contributed by atoms with Crippen molar-refractivity contribution in [2.75, 3.05) is 44.5 Å². The van der Waals surface area contributed by atoms with Crippen molar-refractivity contribution in [3.8, 4) is 0 Å². The largest absolute Gasteiger partial charge is 0.481 e. The Morgan fingerprint density at radius 3 is 2.81 bits per heavy atom. The van der Waals surface area contributed by atoms with Crippen molar-refractivity contribution in [3.63, 3.8) is 0 Å². The maximum atomic E-state index is 10.3. The average Bonchev–Trinajstić information content (AvgIpc) is 2.28. The van der Waals surface area contributed by atoms with Gasteiger partial charge in [-0.3, -0.25) is 14.6 Å². The molecule has 1 fully saturated rings. The van der Waals surface area contributed by atoms with Crippen molar-refractivity contribution >= 4 is 17.7 Å². The number of aliphatic carboxylic acids is 1. The minimum absolute atomic E-state index is 0.217. The molecule has 94 valence electrons. The van der Waals surface area contributed by atoms with Crippen LogP contribution >= 0.6 is 11.8 Å². The summed E-state index contributed by atoms with van der Waals surface area (Å²) >= 11 is 1.49. The normalized spacial score (nSPS) is 18.8. The highest BCUT2D eigenvalue weighted by molar-refractivity contribution is 7.99. The van der Waals surface area contributed by atoms with E-state index in [0.717, 1.165) is 38.5 Å². The van der Waals surface area contributed by atoms with E-state index in [1.807, 2.05) is 0 Å². The Kier molecular flexibility index (Phi) is 6.79. The van der Waals surface area contributed by atoms with E-state index in [1.165, 1.54) is 18.2 Å². The van der Waals surface area contributed by atoms with Gasteiger partial charge in [-0.15, -0.1) is 0 Å². The third-order valence-corrected chi connectivity index (χ3v) is 3.62. The van der Waals surface area contributed by atoms with Crippen LogP contribution < -0.4 is 5.73 Å². The number of rotatable bonds is 7. The van der Waals surface area contributed by atoms with E-state index < -0.39 is 5.97 Å². The van der Waals surface area contributed by atoms with Gasteiger partial charge in [0.2, 0.25) is 0 Å². The number of thioether (sulfide) groups is 1. The third-order valence-electron chi connectivity index (χ3n) is 2.60. The highest BCUT2D eigenvalue weighted by Crippen LogP contribution is 2.07. The van der Waals surface area contributed by atoms with Gasteiger partial charge in [-0.05, 0) is 18.6 Å². The Balaban J connectivity index is 2.01. The Morgan fingerprint density at radius 2 is 2.12 bits per heavy atom. The van der Waals surface area contributed by atoms with E-state index in [4.69, 9.17) is 10.8 Å². The fraction of sp³-hybridized carbons (Fsp3) is 0.900. The van der Waals surface area contributed by atoms with E-state index in [2.05, 4.69) is 9.80 Å². The van der Waals surface area contributed by atoms with Crippen LogP contribution in [0.25, 0.3) is 0 Å². The molecule has 1 heterocycles. The zero-order chi connectivity index (χ0) is 11.8. The number of carbonyl (C=O) groups is 1. The summed E-state index contributed by atoms with van der Waals surface area (Å²) < 4.78 is 0. The first kappa shape index (κ1) is 13.8. The summed E-state index contributed by atoms with van der Waals surface area (Å²) in [6.07, 6.45) is 2.23. The maximum Gasteiger partial charge on any atom is 0.313 e. The van der Waals surface area contributed by atoms with Crippen LogP contribution in [0.4, 0.5) is 0 Å². The second kappa shape index (κ2) is 7.89. The zero-order valence-corrected chi connectivity index (χ0v) is 10.4. The van der Waals surface area contributed by atoms with Gasteiger partial charge < -0.3 is 10.8 Å². The fourth-order valence-electron chi connectivity index (χ4n) is 1.82. The van der Waals surface area contributed by atoms with Crippen LogP contribution in [-0.4, -0.2) is 65.4 Å².